The maximum atomic E-state index is 8.63. The van der Waals surface area contributed by atoms with Crippen molar-refractivity contribution in [2.45, 2.75) is 32.7 Å². The minimum absolute atomic E-state index is 0.291. The lowest BCUT2D eigenvalue weighted by molar-refractivity contribution is 0.156. The summed E-state index contributed by atoms with van der Waals surface area (Å²) in [6.45, 7) is 6.39. The molecule has 0 aliphatic carbocycles. The van der Waals surface area contributed by atoms with Crippen LogP contribution in [0.2, 0.25) is 0 Å². The first-order valence-corrected chi connectivity index (χ1v) is 5.03. The van der Waals surface area contributed by atoms with Crippen LogP contribution in [-0.4, -0.2) is 38.0 Å². The van der Waals surface area contributed by atoms with Gasteiger partial charge in [-0.1, -0.05) is 6.92 Å². The van der Waals surface area contributed by atoms with E-state index in [1.807, 2.05) is 0 Å². The number of ether oxygens (including phenoxy) is 1. The van der Waals surface area contributed by atoms with Gasteiger partial charge in [0.05, 0.1) is 0 Å². The van der Waals surface area contributed by atoms with Gasteiger partial charge < -0.3 is 15.2 Å². The van der Waals surface area contributed by atoms with Gasteiger partial charge in [0.25, 0.3) is 0 Å². The van der Waals surface area contributed by atoms with Crippen molar-refractivity contribution in [3.63, 3.8) is 0 Å². The second-order valence-electron chi connectivity index (χ2n) is 3.74. The molecule has 0 amide bonds. The van der Waals surface area contributed by atoms with Crippen LogP contribution in [0, 0.1) is 5.92 Å². The third kappa shape index (κ3) is 8.22. The highest BCUT2D eigenvalue weighted by molar-refractivity contribution is 4.63. The molecule has 0 rings (SSSR count). The average molecular weight is 189 g/mol. The lowest BCUT2D eigenvalue weighted by Crippen LogP contribution is -2.31. The molecule has 0 saturated carbocycles. The minimum Gasteiger partial charge on any atom is -0.396 e. The fraction of sp³-hybridized carbons (Fsp3) is 1.00. The Kier molecular flexibility index (Phi) is 8.40. The average Bonchev–Trinajstić information content (AvgIpc) is 2.12. The number of aliphatic hydroxyl groups is 1. The van der Waals surface area contributed by atoms with Crippen molar-refractivity contribution in [2.24, 2.45) is 5.92 Å². The standard InChI is InChI=1S/C10H23NO2/c1-9(8-13-3)7-11-10(2)5-4-6-12/h9-12H,4-8H2,1-3H3. The molecule has 3 heteroatoms. The number of rotatable bonds is 8. The van der Waals surface area contributed by atoms with Gasteiger partial charge in [0.2, 0.25) is 0 Å². The van der Waals surface area contributed by atoms with Crippen LogP contribution in [0.15, 0.2) is 0 Å². The first kappa shape index (κ1) is 12.9. The van der Waals surface area contributed by atoms with Crippen LogP contribution >= 0.6 is 0 Å². The van der Waals surface area contributed by atoms with Gasteiger partial charge in [-0.2, -0.15) is 0 Å². The number of methoxy groups -OCH3 is 1. The molecule has 0 bridgehead atoms. The van der Waals surface area contributed by atoms with Crippen LogP contribution in [0.5, 0.6) is 0 Å². The Labute approximate surface area is 81.5 Å². The third-order valence-electron chi connectivity index (χ3n) is 2.06. The Bertz CT molecular complexity index is 109. The topological polar surface area (TPSA) is 41.5 Å². The van der Waals surface area contributed by atoms with Crippen LogP contribution in [-0.2, 0) is 4.74 Å². The van der Waals surface area contributed by atoms with Gasteiger partial charge in [0.15, 0.2) is 0 Å². The van der Waals surface area contributed by atoms with E-state index in [9.17, 15) is 0 Å². The largest absolute Gasteiger partial charge is 0.396 e. The monoisotopic (exact) mass is 189 g/mol. The Balaban J connectivity index is 3.29. The molecule has 80 valence electrons. The highest BCUT2D eigenvalue weighted by atomic mass is 16.5. The van der Waals surface area contributed by atoms with E-state index in [0.29, 0.717) is 18.6 Å². The Morgan fingerprint density at radius 1 is 1.38 bits per heavy atom. The Hall–Kier alpha value is -0.120. The molecular weight excluding hydrogens is 166 g/mol. The first-order valence-electron chi connectivity index (χ1n) is 5.03. The Morgan fingerprint density at radius 2 is 2.08 bits per heavy atom. The maximum Gasteiger partial charge on any atom is 0.0499 e. The van der Waals surface area contributed by atoms with Gasteiger partial charge in [-0.3, -0.25) is 0 Å². The van der Waals surface area contributed by atoms with Gasteiger partial charge in [0, 0.05) is 32.9 Å². The highest BCUT2D eigenvalue weighted by Gasteiger charge is 2.04. The minimum atomic E-state index is 0.291. The fourth-order valence-corrected chi connectivity index (χ4v) is 1.25. The molecule has 0 spiro atoms. The van der Waals surface area contributed by atoms with Crippen molar-refractivity contribution in [1.29, 1.82) is 0 Å². The molecule has 3 nitrogen and oxygen atoms in total. The lowest BCUT2D eigenvalue weighted by Gasteiger charge is -2.16. The molecular formula is C10H23NO2. The Morgan fingerprint density at radius 3 is 2.62 bits per heavy atom. The van der Waals surface area contributed by atoms with Gasteiger partial charge in [-0.15, -0.1) is 0 Å². The third-order valence-corrected chi connectivity index (χ3v) is 2.06. The molecule has 0 aromatic carbocycles. The molecule has 0 fully saturated rings. The predicted octanol–water partition coefficient (Wildman–Crippen LogP) is 1.02. The van der Waals surface area contributed by atoms with E-state index in [0.717, 1.165) is 26.0 Å². The van der Waals surface area contributed by atoms with Gasteiger partial charge >= 0.3 is 0 Å². The van der Waals surface area contributed by atoms with Gasteiger partial charge in [0.1, 0.15) is 0 Å². The van der Waals surface area contributed by atoms with Crippen molar-refractivity contribution >= 4 is 0 Å². The summed E-state index contributed by atoms with van der Waals surface area (Å²) in [6.07, 6.45) is 1.92. The molecule has 0 aromatic heterocycles. The molecule has 0 saturated heterocycles. The highest BCUT2D eigenvalue weighted by Crippen LogP contribution is 1.98. The van der Waals surface area contributed by atoms with Gasteiger partial charge in [-0.25, -0.2) is 0 Å². The second kappa shape index (κ2) is 8.48. The number of hydrogen-bond donors (Lipinski definition) is 2. The predicted molar refractivity (Wildman–Crippen MR) is 54.8 cm³/mol. The van der Waals surface area contributed by atoms with E-state index in [4.69, 9.17) is 9.84 Å². The number of nitrogens with one attached hydrogen (secondary N) is 1. The maximum absolute atomic E-state index is 8.63. The van der Waals surface area contributed by atoms with Gasteiger partial charge in [-0.05, 0) is 25.7 Å². The molecule has 0 heterocycles. The van der Waals surface area contributed by atoms with Crippen molar-refractivity contribution in [3.8, 4) is 0 Å². The van der Waals surface area contributed by atoms with Crippen molar-refractivity contribution in [2.75, 3.05) is 26.9 Å². The summed E-state index contributed by atoms with van der Waals surface area (Å²) in [7, 11) is 1.73. The van der Waals surface area contributed by atoms with E-state index < -0.39 is 0 Å². The molecule has 2 N–H and O–H groups in total. The first-order chi connectivity index (χ1) is 6.20. The molecule has 2 atom stereocenters. The van der Waals surface area contributed by atoms with Crippen molar-refractivity contribution < 1.29 is 9.84 Å². The number of hydrogen-bond acceptors (Lipinski definition) is 3. The van der Waals surface area contributed by atoms with Crippen LogP contribution in [0.4, 0.5) is 0 Å². The molecule has 0 radical (unpaired) electrons. The summed E-state index contributed by atoms with van der Waals surface area (Å²) < 4.78 is 5.04. The van der Waals surface area contributed by atoms with E-state index in [1.54, 1.807) is 7.11 Å². The van der Waals surface area contributed by atoms with Crippen LogP contribution < -0.4 is 5.32 Å². The number of aliphatic hydroxyl groups excluding tert-OH is 1. The summed E-state index contributed by atoms with van der Waals surface area (Å²) >= 11 is 0. The van der Waals surface area contributed by atoms with Crippen LogP contribution in [0.25, 0.3) is 0 Å². The molecule has 0 aromatic rings. The SMILES string of the molecule is COCC(C)CNC(C)CCCO. The van der Waals surface area contributed by atoms with E-state index in [2.05, 4.69) is 19.2 Å². The summed E-state index contributed by atoms with van der Waals surface area (Å²) in [5.74, 6) is 0.557. The zero-order chi connectivity index (χ0) is 10.1. The van der Waals surface area contributed by atoms with Crippen molar-refractivity contribution in [1.82, 2.24) is 5.32 Å². The van der Waals surface area contributed by atoms with Crippen LogP contribution in [0.3, 0.4) is 0 Å². The van der Waals surface area contributed by atoms with E-state index in [1.165, 1.54) is 0 Å². The summed E-state index contributed by atoms with van der Waals surface area (Å²) in [4.78, 5) is 0. The zero-order valence-electron chi connectivity index (χ0n) is 9.05. The van der Waals surface area contributed by atoms with E-state index >= 15 is 0 Å². The quantitative estimate of drug-likeness (QED) is 0.599. The summed E-state index contributed by atoms with van der Waals surface area (Å²) in [5.41, 5.74) is 0. The summed E-state index contributed by atoms with van der Waals surface area (Å²) in [5, 5.41) is 12.0. The smallest absolute Gasteiger partial charge is 0.0499 e. The molecule has 0 aliphatic rings. The molecule has 0 aliphatic heterocycles. The van der Waals surface area contributed by atoms with E-state index in [-0.39, 0.29) is 0 Å². The lowest BCUT2D eigenvalue weighted by atomic mass is 10.1. The zero-order valence-corrected chi connectivity index (χ0v) is 9.05. The fourth-order valence-electron chi connectivity index (χ4n) is 1.25. The van der Waals surface area contributed by atoms with Crippen LogP contribution in [0.1, 0.15) is 26.7 Å². The molecule has 13 heavy (non-hydrogen) atoms. The summed E-state index contributed by atoms with van der Waals surface area (Å²) in [6, 6.07) is 0.492. The normalized spacial score (nSPS) is 15.7. The van der Waals surface area contributed by atoms with Crippen molar-refractivity contribution in [3.05, 3.63) is 0 Å². The second-order valence-corrected chi connectivity index (χ2v) is 3.74. The molecule has 2 unspecified atom stereocenters.